The highest BCUT2D eigenvalue weighted by molar-refractivity contribution is 7.89. The molecule has 1 atom stereocenters. The zero-order chi connectivity index (χ0) is 20.7. The van der Waals surface area contributed by atoms with Crippen molar-refractivity contribution in [3.05, 3.63) is 53.9 Å². The van der Waals surface area contributed by atoms with E-state index in [0.717, 1.165) is 11.1 Å². The first-order chi connectivity index (χ1) is 14.5. The van der Waals surface area contributed by atoms with Crippen LogP contribution < -0.4 is 9.47 Å². The molecule has 1 fully saturated rings. The summed E-state index contributed by atoms with van der Waals surface area (Å²) in [6, 6.07) is 12.6. The molecule has 0 saturated carbocycles. The number of rotatable bonds is 4. The second kappa shape index (κ2) is 7.41. The van der Waals surface area contributed by atoms with Gasteiger partial charge in [-0.25, -0.2) is 8.42 Å². The first-order valence-electron chi connectivity index (χ1n) is 9.81. The van der Waals surface area contributed by atoms with Crippen LogP contribution in [0.1, 0.15) is 23.8 Å². The minimum Gasteiger partial charge on any atom is -0.486 e. The van der Waals surface area contributed by atoms with Gasteiger partial charge < -0.3 is 14.0 Å². The molecule has 156 valence electrons. The van der Waals surface area contributed by atoms with Gasteiger partial charge in [0.25, 0.3) is 0 Å². The fourth-order valence-corrected chi connectivity index (χ4v) is 5.22. The van der Waals surface area contributed by atoms with Gasteiger partial charge in [-0.05, 0) is 25.5 Å². The second-order valence-corrected chi connectivity index (χ2v) is 9.41. The van der Waals surface area contributed by atoms with Crippen molar-refractivity contribution in [1.29, 1.82) is 0 Å². The molecule has 0 unspecified atom stereocenters. The predicted molar refractivity (Wildman–Crippen MR) is 108 cm³/mol. The molecule has 3 heterocycles. The highest BCUT2D eigenvalue weighted by Crippen LogP contribution is 2.36. The quantitative estimate of drug-likeness (QED) is 0.632. The van der Waals surface area contributed by atoms with Crippen molar-refractivity contribution in [3.63, 3.8) is 0 Å². The Balaban J connectivity index is 1.34. The van der Waals surface area contributed by atoms with Crippen LogP contribution in [-0.2, 0) is 10.0 Å². The molecule has 30 heavy (non-hydrogen) atoms. The van der Waals surface area contributed by atoms with Crippen molar-refractivity contribution >= 4 is 10.0 Å². The minimum atomic E-state index is -3.66. The molecule has 0 spiro atoms. The fraction of sp³-hybridized carbons (Fsp3) is 0.333. The van der Waals surface area contributed by atoms with Crippen LogP contribution in [0.15, 0.2) is 51.9 Å². The molecular weight excluding hydrogens is 406 g/mol. The van der Waals surface area contributed by atoms with Crippen LogP contribution in [0.5, 0.6) is 11.5 Å². The zero-order valence-corrected chi connectivity index (χ0v) is 17.3. The molecule has 8 nitrogen and oxygen atoms in total. The Hall–Kier alpha value is -2.91. The number of nitrogens with zero attached hydrogens (tertiary/aromatic N) is 3. The van der Waals surface area contributed by atoms with E-state index in [2.05, 4.69) is 10.1 Å². The van der Waals surface area contributed by atoms with E-state index in [9.17, 15) is 8.42 Å². The minimum absolute atomic E-state index is 0.135. The molecule has 1 saturated heterocycles. The Morgan fingerprint density at radius 2 is 1.80 bits per heavy atom. The van der Waals surface area contributed by atoms with E-state index < -0.39 is 10.0 Å². The van der Waals surface area contributed by atoms with Gasteiger partial charge in [0.2, 0.25) is 21.7 Å². The lowest BCUT2D eigenvalue weighted by molar-refractivity contribution is 0.171. The van der Waals surface area contributed by atoms with E-state index in [-0.39, 0.29) is 10.8 Å². The maximum absolute atomic E-state index is 13.1. The molecule has 2 aliphatic heterocycles. The molecule has 9 heteroatoms. The van der Waals surface area contributed by atoms with E-state index >= 15 is 0 Å². The number of ether oxygens (including phenoxy) is 2. The average molecular weight is 427 g/mol. The summed E-state index contributed by atoms with van der Waals surface area (Å²) in [6.45, 7) is 3.57. The van der Waals surface area contributed by atoms with Crippen LogP contribution in [0.4, 0.5) is 0 Å². The lowest BCUT2D eigenvalue weighted by atomic mass is 10.1. The third-order valence-electron chi connectivity index (χ3n) is 5.40. The molecule has 0 bridgehead atoms. The van der Waals surface area contributed by atoms with Gasteiger partial charge in [-0.15, -0.1) is 0 Å². The van der Waals surface area contributed by atoms with Crippen LogP contribution in [0.2, 0.25) is 0 Å². The largest absolute Gasteiger partial charge is 0.486 e. The molecule has 3 aromatic rings. The average Bonchev–Trinajstić information content (AvgIpc) is 3.44. The summed E-state index contributed by atoms with van der Waals surface area (Å²) < 4.78 is 44.1. The fourth-order valence-electron chi connectivity index (χ4n) is 3.70. The van der Waals surface area contributed by atoms with Crippen LogP contribution in [0.3, 0.4) is 0 Å². The molecule has 1 aromatic heterocycles. The topological polar surface area (TPSA) is 94.8 Å². The molecule has 0 aliphatic carbocycles. The summed E-state index contributed by atoms with van der Waals surface area (Å²) in [5.74, 6) is 1.86. The molecule has 2 aliphatic rings. The van der Waals surface area contributed by atoms with Gasteiger partial charge in [0.1, 0.15) is 13.2 Å². The SMILES string of the molecule is Cc1ccc(-c2noc([C@@H]3CCN(S(=O)(=O)c4ccc5c(c4)OCCO5)C3)n2)cc1. The Labute approximate surface area is 174 Å². The van der Waals surface area contributed by atoms with Gasteiger partial charge in [-0.2, -0.15) is 9.29 Å². The van der Waals surface area contributed by atoms with Crippen molar-refractivity contribution in [1.82, 2.24) is 14.4 Å². The van der Waals surface area contributed by atoms with E-state index in [1.54, 1.807) is 12.1 Å². The van der Waals surface area contributed by atoms with Gasteiger partial charge >= 0.3 is 0 Å². The Morgan fingerprint density at radius 1 is 1.03 bits per heavy atom. The Kier molecular flexibility index (Phi) is 4.71. The highest BCUT2D eigenvalue weighted by Gasteiger charge is 2.36. The van der Waals surface area contributed by atoms with Crippen molar-refractivity contribution in [3.8, 4) is 22.9 Å². The third kappa shape index (κ3) is 3.44. The molecular formula is C21H21N3O5S. The van der Waals surface area contributed by atoms with Gasteiger partial charge in [0, 0.05) is 24.7 Å². The predicted octanol–water partition coefficient (Wildman–Crippen LogP) is 2.99. The molecule has 0 amide bonds. The number of aromatic nitrogens is 2. The van der Waals surface area contributed by atoms with E-state index in [4.69, 9.17) is 14.0 Å². The lowest BCUT2D eigenvalue weighted by Gasteiger charge is -2.20. The van der Waals surface area contributed by atoms with E-state index in [1.165, 1.54) is 10.4 Å². The van der Waals surface area contributed by atoms with Crippen LogP contribution in [-0.4, -0.2) is 49.2 Å². The van der Waals surface area contributed by atoms with Crippen LogP contribution >= 0.6 is 0 Å². The first-order valence-corrected chi connectivity index (χ1v) is 11.3. The van der Waals surface area contributed by atoms with Crippen molar-refractivity contribution in [2.75, 3.05) is 26.3 Å². The molecule has 5 rings (SSSR count). The van der Waals surface area contributed by atoms with Crippen LogP contribution in [0, 0.1) is 6.92 Å². The summed E-state index contributed by atoms with van der Waals surface area (Å²) >= 11 is 0. The lowest BCUT2D eigenvalue weighted by Crippen LogP contribution is -2.29. The van der Waals surface area contributed by atoms with Crippen molar-refractivity contribution in [2.24, 2.45) is 0 Å². The van der Waals surface area contributed by atoms with E-state index in [1.807, 2.05) is 31.2 Å². The van der Waals surface area contributed by atoms with Gasteiger partial charge in [0.05, 0.1) is 10.8 Å². The number of sulfonamides is 1. The van der Waals surface area contributed by atoms with Crippen LogP contribution in [0.25, 0.3) is 11.4 Å². The highest BCUT2D eigenvalue weighted by atomic mass is 32.2. The van der Waals surface area contributed by atoms with Crippen molar-refractivity contribution < 1.29 is 22.4 Å². The third-order valence-corrected chi connectivity index (χ3v) is 7.26. The zero-order valence-electron chi connectivity index (χ0n) is 16.4. The molecule has 0 N–H and O–H groups in total. The second-order valence-electron chi connectivity index (χ2n) is 7.48. The number of hydrogen-bond donors (Lipinski definition) is 0. The van der Waals surface area contributed by atoms with Gasteiger partial charge in [-0.3, -0.25) is 0 Å². The summed E-state index contributed by atoms with van der Waals surface area (Å²) in [6.07, 6.45) is 0.624. The molecule has 0 radical (unpaired) electrons. The molecule has 2 aromatic carbocycles. The summed E-state index contributed by atoms with van der Waals surface area (Å²) in [5.41, 5.74) is 2.02. The maximum atomic E-state index is 13.1. The smallest absolute Gasteiger partial charge is 0.243 e. The number of fused-ring (bicyclic) bond motifs is 1. The summed E-state index contributed by atoms with van der Waals surface area (Å²) in [5, 5.41) is 4.07. The summed E-state index contributed by atoms with van der Waals surface area (Å²) in [4.78, 5) is 4.70. The number of aryl methyl sites for hydroxylation is 1. The number of benzene rings is 2. The maximum Gasteiger partial charge on any atom is 0.243 e. The standard InChI is InChI=1S/C21H21N3O5S/c1-14-2-4-15(5-3-14)20-22-21(29-23-20)16-8-9-24(13-16)30(25,26)17-6-7-18-19(12-17)28-11-10-27-18/h2-7,12,16H,8-11,13H2,1H3/t16-/m1/s1. The van der Waals surface area contributed by atoms with Gasteiger partial charge in [-0.1, -0.05) is 35.0 Å². The van der Waals surface area contributed by atoms with E-state index in [0.29, 0.717) is 55.9 Å². The number of hydrogen-bond acceptors (Lipinski definition) is 7. The summed E-state index contributed by atoms with van der Waals surface area (Å²) in [7, 11) is -3.66. The van der Waals surface area contributed by atoms with Gasteiger partial charge in [0.15, 0.2) is 11.5 Å². The van der Waals surface area contributed by atoms with Crippen molar-refractivity contribution in [2.45, 2.75) is 24.2 Å². The first kappa shape index (κ1) is 19.1. The normalized spacial score (nSPS) is 19.2. The Bertz CT molecular complexity index is 1170. The Morgan fingerprint density at radius 3 is 2.60 bits per heavy atom. The monoisotopic (exact) mass is 427 g/mol.